The average molecular weight is 530 g/mol. The Bertz CT molecular complexity index is 1250. The highest BCUT2D eigenvalue weighted by Crippen LogP contribution is 2.19. The minimum absolute atomic E-state index is 0.0155. The lowest BCUT2D eigenvalue weighted by Crippen LogP contribution is -2.19. The minimum Gasteiger partial charge on any atom is -0.361 e. The third-order valence-corrected chi connectivity index (χ3v) is 5.91. The third kappa shape index (κ3) is 4.71. The summed E-state index contributed by atoms with van der Waals surface area (Å²) in [6.45, 7) is 0. The lowest BCUT2D eigenvalue weighted by atomic mass is 10.2. The van der Waals surface area contributed by atoms with Gasteiger partial charge >= 0.3 is 0 Å². The van der Waals surface area contributed by atoms with Crippen LogP contribution in [0.2, 0.25) is 0 Å². The van der Waals surface area contributed by atoms with E-state index < -0.39 is 0 Å². The summed E-state index contributed by atoms with van der Waals surface area (Å²) in [5.41, 5.74) is 4.92. The zero-order valence-electron chi connectivity index (χ0n) is 15.4. The monoisotopic (exact) mass is 530 g/mol. The van der Waals surface area contributed by atoms with Gasteiger partial charge in [-0.25, -0.2) is 5.43 Å². The van der Waals surface area contributed by atoms with Crippen molar-refractivity contribution >= 4 is 68.0 Å². The number of amides is 2. The van der Waals surface area contributed by atoms with Gasteiger partial charge in [-0.15, -0.1) is 10.2 Å². The first-order valence-electron chi connectivity index (χ1n) is 8.86. The van der Waals surface area contributed by atoms with Crippen LogP contribution >= 0.6 is 33.9 Å². The number of rotatable bonds is 6. The van der Waals surface area contributed by atoms with Crippen molar-refractivity contribution in [3.8, 4) is 0 Å². The molecule has 2 aromatic carbocycles. The Morgan fingerprint density at radius 1 is 1.13 bits per heavy atom. The van der Waals surface area contributed by atoms with E-state index in [-0.39, 0.29) is 18.2 Å². The highest BCUT2D eigenvalue weighted by atomic mass is 127. The molecule has 0 radical (unpaired) electrons. The third-order valence-electron chi connectivity index (χ3n) is 4.13. The molecule has 0 atom stereocenters. The van der Waals surface area contributed by atoms with E-state index in [1.165, 1.54) is 0 Å². The van der Waals surface area contributed by atoms with Crippen molar-refractivity contribution in [1.82, 2.24) is 20.6 Å². The van der Waals surface area contributed by atoms with Crippen LogP contribution in [0.15, 0.2) is 59.8 Å². The second-order valence-corrected chi connectivity index (χ2v) is 8.42. The maximum absolute atomic E-state index is 12.3. The lowest BCUT2D eigenvalue weighted by molar-refractivity contribution is -0.120. The molecule has 4 rings (SSSR count). The summed E-state index contributed by atoms with van der Waals surface area (Å²) in [4.78, 5) is 27.6. The van der Waals surface area contributed by atoms with E-state index in [2.05, 4.69) is 53.6 Å². The summed E-state index contributed by atoms with van der Waals surface area (Å²) >= 11 is 3.25. The number of nitrogens with one attached hydrogen (secondary N) is 3. The lowest BCUT2D eigenvalue weighted by Gasteiger charge is -2.02. The zero-order valence-corrected chi connectivity index (χ0v) is 18.4. The fourth-order valence-electron chi connectivity index (χ4n) is 2.74. The number of hydrogen-bond donors (Lipinski definition) is 3. The molecule has 8 nitrogen and oxygen atoms in total. The molecule has 2 heterocycles. The van der Waals surface area contributed by atoms with Crippen molar-refractivity contribution in [3.63, 3.8) is 0 Å². The molecule has 0 saturated carbocycles. The molecule has 0 saturated heterocycles. The number of aromatic nitrogens is 3. The largest absolute Gasteiger partial charge is 0.361 e. The number of para-hydroxylation sites is 1. The smallest absolute Gasteiger partial charge is 0.258 e. The molecule has 0 aliphatic rings. The molecule has 0 fully saturated rings. The summed E-state index contributed by atoms with van der Waals surface area (Å²) in [5, 5.41) is 16.4. The zero-order chi connectivity index (χ0) is 20.9. The SMILES string of the molecule is O=C(Cc1nnc(NC(=O)c2ccccc2I)s1)N/N=C\c1c[nH]c2ccccc12. The molecular formula is C20H15IN6O2S. The first-order valence-corrected chi connectivity index (χ1v) is 10.8. The molecule has 0 spiro atoms. The fourth-order valence-corrected chi connectivity index (χ4v) is 4.10. The van der Waals surface area contributed by atoms with Crippen molar-refractivity contribution in [2.24, 2.45) is 5.10 Å². The van der Waals surface area contributed by atoms with Gasteiger partial charge in [-0.05, 0) is 40.8 Å². The normalized spacial score (nSPS) is 11.1. The summed E-state index contributed by atoms with van der Waals surface area (Å²) in [6.07, 6.45) is 3.43. The quantitative estimate of drug-likeness (QED) is 0.201. The molecular weight excluding hydrogens is 515 g/mol. The first-order chi connectivity index (χ1) is 14.6. The van der Waals surface area contributed by atoms with Gasteiger partial charge in [0.2, 0.25) is 11.0 Å². The van der Waals surface area contributed by atoms with Crippen molar-refractivity contribution in [2.45, 2.75) is 6.42 Å². The van der Waals surface area contributed by atoms with Crippen LogP contribution in [0.5, 0.6) is 0 Å². The number of carbonyl (C=O) groups is 2. The van der Waals surface area contributed by atoms with E-state index in [1.807, 2.05) is 42.6 Å². The number of aromatic amines is 1. The number of carbonyl (C=O) groups excluding carboxylic acids is 2. The summed E-state index contributed by atoms with van der Waals surface area (Å²) < 4.78 is 0.838. The summed E-state index contributed by atoms with van der Waals surface area (Å²) in [5.74, 6) is -0.590. The predicted octanol–water partition coefficient (Wildman–Crippen LogP) is 3.57. The van der Waals surface area contributed by atoms with Crippen LogP contribution in [0, 0.1) is 3.57 Å². The number of hydrogen-bond acceptors (Lipinski definition) is 6. The van der Waals surface area contributed by atoms with Gasteiger partial charge in [-0.3, -0.25) is 14.9 Å². The van der Waals surface area contributed by atoms with Crippen LogP contribution in [0.3, 0.4) is 0 Å². The van der Waals surface area contributed by atoms with Crippen LogP contribution < -0.4 is 10.7 Å². The number of anilines is 1. The Morgan fingerprint density at radius 2 is 1.93 bits per heavy atom. The number of benzene rings is 2. The molecule has 2 amide bonds. The van der Waals surface area contributed by atoms with Crippen molar-refractivity contribution in [1.29, 1.82) is 0 Å². The van der Waals surface area contributed by atoms with Crippen LogP contribution in [0.4, 0.5) is 5.13 Å². The number of nitrogens with zero attached hydrogens (tertiary/aromatic N) is 3. The Hall–Kier alpha value is -3.12. The van der Waals surface area contributed by atoms with Gasteiger partial charge in [-0.1, -0.05) is 41.7 Å². The maximum Gasteiger partial charge on any atom is 0.258 e. The van der Waals surface area contributed by atoms with Crippen LogP contribution in [0.1, 0.15) is 20.9 Å². The molecule has 10 heteroatoms. The Kier molecular flexibility index (Phi) is 6.14. The Balaban J connectivity index is 1.33. The second-order valence-electron chi connectivity index (χ2n) is 6.19. The molecule has 2 aromatic heterocycles. The maximum atomic E-state index is 12.3. The van der Waals surface area contributed by atoms with Gasteiger partial charge in [0.15, 0.2) is 0 Å². The molecule has 0 bridgehead atoms. The molecule has 0 aliphatic heterocycles. The van der Waals surface area contributed by atoms with E-state index in [1.54, 1.807) is 18.3 Å². The van der Waals surface area contributed by atoms with Crippen LogP contribution in [-0.4, -0.2) is 33.2 Å². The highest BCUT2D eigenvalue weighted by molar-refractivity contribution is 14.1. The van der Waals surface area contributed by atoms with Gasteiger partial charge in [-0.2, -0.15) is 5.10 Å². The summed E-state index contributed by atoms with van der Waals surface area (Å²) in [6, 6.07) is 15.1. The van der Waals surface area contributed by atoms with Gasteiger partial charge in [0.05, 0.1) is 18.2 Å². The number of halogens is 1. The molecule has 0 aliphatic carbocycles. The fraction of sp³-hybridized carbons (Fsp3) is 0.0500. The highest BCUT2D eigenvalue weighted by Gasteiger charge is 2.14. The van der Waals surface area contributed by atoms with Gasteiger partial charge < -0.3 is 4.98 Å². The Labute approximate surface area is 188 Å². The second kappa shape index (κ2) is 9.13. The standard InChI is InChI=1S/C20H15IN6O2S/c21-15-7-3-1-6-14(15)19(29)24-20-27-26-18(30-20)9-17(28)25-23-11-12-10-22-16-8-4-2-5-13(12)16/h1-8,10-11,22H,9H2,(H,25,28)(H,24,27,29)/b23-11-. The van der Waals surface area contributed by atoms with E-state index in [0.29, 0.717) is 15.7 Å². The molecule has 30 heavy (non-hydrogen) atoms. The molecule has 0 unspecified atom stereocenters. The Morgan fingerprint density at radius 3 is 2.80 bits per heavy atom. The average Bonchev–Trinajstić information content (AvgIpc) is 3.35. The number of fused-ring (bicyclic) bond motifs is 1. The van der Waals surface area contributed by atoms with Crippen LogP contribution in [-0.2, 0) is 11.2 Å². The minimum atomic E-state index is -0.322. The first kappa shape index (κ1) is 20.2. The van der Waals surface area contributed by atoms with E-state index in [0.717, 1.165) is 31.4 Å². The van der Waals surface area contributed by atoms with Gasteiger partial charge in [0.1, 0.15) is 5.01 Å². The van der Waals surface area contributed by atoms with Gasteiger partial charge in [0.25, 0.3) is 5.91 Å². The number of hydrazone groups is 1. The molecule has 3 N–H and O–H groups in total. The van der Waals surface area contributed by atoms with Crippen molar-refractivity contribution in [3.05, 3.63) is 74.4 Å². The molecule has 150 valence electrons. The topological polar surface area (TPSA) is 112 Å². The van der Waals surface area contributed by atoms with Gasteiger partial charge in [0, 0.05) is 26.2 Å². The van der Waals surface area contributed by atoms with E-state index in [9.17, 15) is 9.59 Å². The predicted molar refractivity (Wildman–Crippen MR) is 125 cm³/mol. The van der Waals surface area contributed by atoms with Crippen molar-refractivity contribution in [2.75, 3.05) is 5.32 Å². The molecule has 4 aromatic rings. The summed E-state index contributed by atoms with van der Waals surface area (Å²) in [7, 11) is 0. The van der Waals surface area contributed by atoms with Crippen LogP contribution in [0.25, 0.3) is 10.9 Å². The number of H-pyrrole nitrogens is 1. The van der Waals surface area contributed by atoms with Crippen molar-refractivity contribution < 1.29 is 9.59 Å². The van der Waals surface area contributed by atoms with E-state index in [4.69, 9.17) is 0 Å². The van der Waals surface area contributed by atoms with E-state index >= 15 is 0 Å².